The minimum atomic E-state index is -3.69. The van der Waals surface area contributed by atoms with Crippen molar-refractivity contribution >= 4 is 21.4 Å². The maximum Gasteiger partial charge on any atom is 0.247 e. The fourth-order valence-corrected chi connectivity index (χ4v) is 2.93. The monoisotopic (exact) mass is 326 g/mol. The van der Waals surface area contributed by atoms with Crippen molar-refractivity contribution in [1.82, 2.24) is 19.9 Å². The van der Waals surface area contributed by atoms with Crippen LogP contribution in [0.4, 0.5) is 0 Å². The Morgan fingerprint density at radius 2 is 1.38 bits per heavy atom. The summed E-state index contributed by atoms with van der Waals surface area (Å²) in [5.41, 5.74) is 1.33. The molecule has 0 spiro atoms. The predicted molar refractivity (Wildman–Crippen MR) is 78.8 cm³/mol. The summed E-state index contributed by atoms with van der Waals surface area (Å²) in [7, 11) is -3.69. The lowest BCUT2D eigenvalue weighted by atomic mass is 10.1. The average molecular weight is 327 g/mol. The van der Waals surface area contributed by atoms with Gasteiger partial charge in [0.05, 0.1) is 5.25 Å². The zero-order chi connectivity index (χ0) is 15.6. The number of hydrogen-bond donors (Lipinski definition) is 0. The van der Waals surface area contributed by atoms with Crippen LogP contribution in [0.25, 0.3) is 0 Å². The third-order valence-electron chi connectivity index (χ3n) is 3.14. The molecule has 0 saturated carbocycles. The smallest absolute Gasteiger partial charge is 0.227 e. The summed E-state index contributed by atoms with van der Waals surface area (Å²) in [6, 6.07) is 0. The third-order valence-corrected chi connectivity index (χ3v) is 5.26. The SMILES string of the molecule is CC(C)c1cnc(S(=O)(=O)C(C)c2cnc(Cl)nc2)nc1. The molecule has 0 bridgehead atoms. The Bertz CT molecular complexity index is 715. The van der Waals surface area contributed by atoms with Gasteiger partial charge in [-0.15, -0.1) is 0 Å². The summed E-state index contributed by atoms with van der Waals surface area (Å²) >= 11 is 5.60. The Hall–Kier alpha value is -1.60. The third kappa shape index (κ3) is 3.36. The molecule has 0 aliphatic heterocycles. The summed E-state index contributed by atoms with van der Waals surface area (Å²) in [5.74, 6) is 0.240. The molecule has 8 heteroatoms. The summed E-state index contributed by atoms with van der Waals surface area (Å²) in [4.78, 5) is 15.5. The van der Waals surface area contributed by atoms with Crippen molar-refractivity contribution in [2.45, 2.75) is 37.1 Å². The molecule has 0 N–H and O–H groups in total. The standard InChI is InChI=1S/C13H15ClN4O2S/c1-8(2)10-4-17-13(18-5-10)21(19,20)9(3)11-6-15-12(14)16-7-11/h4-9H,1-3H3. The van der Waals surface area contributed by atoms with Gasteiger partial charge in [-0.05, 0) is 30.0 Å². The molecular formula is C13H15ClN4O2S. The highest BCUT2D eigenvalue weighted by atomic mass is 35.5. The van der Waals surface area contributed by atoms with Gasteiger partial charge in [0.1, 0.15) is 0 Å². The molecule has 2 heterocycles. The van der Waals surface area contributed by atoms with Crippen molar-refractivity contribution in [2.75, 3.05) is 0 Å². The molecule has 0 fully saturated rings. The predicted octanol–water partition coefficient (Wildman–Crippen LogP) is 2.58. The Labute approximate surface area is 128 Å². The molecule has 1 unspecified atom stereocenters. The van der Waals surface area contributed by atoms with Gasteiger partial charge in [0, 0.05) is 30.4 Å². The second-order valence-electron chi connectivity index (χ2n) is 4.93. The average Bonchev–Trinajstić information content (AvgIpc) is 2.47. The van der Waals surface area contributed by atoms with E-state index in [1.807, 2.05) is 13.8 Å². The highest BCUT2D eigenvalue weighted by Gasteiger charge is 2.28. The first kappa shape index (κ1) is 15.8. The lowest BCUT2D eigenvalue weighted by molar-refractivity contribution is 0.575. The highest BCUT2D eigenvalue weighted by Crippen LogP contribution is 2.26. The highest BCUT2D eigenvalue weighted by molar-refractivity contribution is 7.91. The molecule has 0 saturated heterocycles. The lowest BCUT2D eigenvalue weighted by Gasteiger charge is -2.12. The Balaban J connectivity index is 2.34. The fraction of sp³-hybridized carbons (Fsp3) is 0.385. The first-order chi connectivity index (χ1) is 9.82. The molecule has 2 aromatic rings. The number of aromatic nitrogens is 4. The van der Waals surface area contributed by atoms with Gasteiger partial charge in [-0.2, -0.15) is 0 Å². The largest absolute Gasteiger partial charge is 0.247 e. The normalized spacial score (nSPS) is 13.4. The van der Waals surface area contributed by atoms with Crippen LogP contribution in [0.1, 0.15) is 43.1 Å². The molecule has 0 radical (unpaired) electrons. The molecule has 1 atom stereocenters. The number of hydrogen-bond acceptors (Lipinski definition) is 6. The molecule has 0 aliphatic rings. The molecule has 2 rings (SSSR count). The lowest BCUT2D eigenvalue weighted by Crippen LogP contribution is -2.15. The minimum Gasteiger partial charge on any atom is -0.227 e. The summed E-state index contributed by atoms with van der Waals surface area (Å²) in [6.07, 6.45) is 5.85. The van der Waals surface area contributed by atoms with E-state index in [9.17, 15) is 8.42 Å². The second kappa shape index (κ2) is 6.03. The van der Waals surface area contributed by atoms with E-state index in [2.05, 4.69) is 19.9 Å². The topological polar surface area (TPSA) is 85.7 Å². The van der Waals surface area contributed by atoms with Crippen LogP contribution >= 0.6 is 11.6 Å². The number of nitrogens with zero attached hydrogens (tertiary/aromatic N) is 4. The van der Waals surface area contributed by atoms with E-state index in [0.717, 1.165) is 5.56 Å². The van der Waals surface area contributed by atoms with Crippen LogP contribution < -0.4 is 0 Å². The summed E-state index contributed by atoms with van der Waals surface area (Å²) in [6.45, 7) is 5.52. The molecule has 21 heavy (non-hydrogen) atoms. The number of sulfone groups is 1. The van der Waals surface area contributed by atoms with Crippen LogP contribution in [0.3, 0.4) is 0 Å². The van der Waals surface area contributed by atoms with E-state index in [0.29, 0.717) is 5.56 Å². The molecule has 0 amide bonds. The molecule has 0 aromatic carbocycles. The minimum absolute atomic E-state index is 0.0703. The zero-order valence-corrected chi connectivity index (χ0v) is 13.4. The van der Waals surface area contributed by atoms with Crippen LogP contribution in [0.15, 0.2) is 29.9 Å². The summed E-state index contributed by atoms with van der Waals surface area (Å²) < 4.78 is 25.0. The van der Waals surface area contributed by atoms with Gasteiger partial charge in [-0.1, -0.05) is 13.8 Å². The van der Waals surface area contributed by atoms with Gasteiger partial charge in [0.2, 0.25) is 20.3 Å². The van der Waals surface area contributed by atoms with Crippen molar-refractivity contribution < 1.29 is 8.42 Å². The van der Waals surface area contributed by atoms with E-state index in [-0.39, 0.29) is 16.4 Å². The number of halogens is 1. The van der Waals surface area contributed by atoms with Crippen molar-refractivity contribution in [1.29, 1.82) is 0 Å². The van der Waals surface area contributed by atoms with E-state index < -0.39 is 15.1 Å². The fourth-order valence-electron chi connectivity index (χ4n) is 1.64. The molecule has 0 aliphatic carbocycles. The van der Waals surface area contributed by atoms with E-state index >= 15 is 0 Å². The van der Waals surface area contributed by atoms with Crippen LogP contribution in [0.2, 0.25) is 5.28 Å². The Morgan fingerprint density at radius 1 is 0.905 bits per heavy atom. The van der Waals surface area contributed by atoms with Crippen LogP contribution in [-0.2, 0) is 9.84 Å². The first-order valence-electron chi connectivity index (χ1n) is 6.35. The van der Waals surface area contributed by atoms with Crippen LogP contribution in [-0.4, -0.2) is 28.4 Å². The number of rotatable bonds is 4. The maximum atomic E-state index is 12.5. The van der Waals surface area contributed by atoms with E-state index in [1.54, 1.807) is 6.92 Å². The van der Waals surface area contributed by atoms with Gasteiger partial charge in [0.15, 0.2) is 0 Å². The van der Waals surface area contributed by atoms with E-state index in [4.69, 9.17) is 11.6 Å². The van der Waals surface area contributed by atoms with Gasteiger partial charge < -0.3 is 0 Å². The van der Waals surface area contributed by atoms with Crippen molar-refractivity contribution in [3.8, 4) is 0 Å². The molecule has 2 aromatic heterocycles. The second-order valence-corrected chi connectivity index (χ2v) is 7.43. The quantitative estimate of drug-likeness (QED) is 0.803. The molecular weight excluding hydrogens is 312 g/mol. The summed E-state index contributed by atoms with van der Waals surface area (Å²) in [5, 5.41) is -0.977. The van der Waals surface area contributed by atoms with Gasteiger partial charge in [-0.3, -0.25) is 0 Å². The molecule has 112 valence electrons. The van der Waals surface area contributed by atoms with Crippen molar-refractivity contribution in [2.24, 2.45) is 0 Å². The van der Waals surface area contributed by atoms with Crippen LogP contribution in [0.5, 0.6) is 0 Å². The van der Waals surface area contributed by atoms with E-state index in [1.165, 1.54) is 24.8 Å². The Kier molecular flexibility index (Phi) is 4.53. The first-order valence-corrected chi connectivity index (χ1v) is 8.28. The molecule has 6 nitrogen and oxygen atoms in total. The zero-order valence-electron chi connectivity index (χ0n) is 11.9. The van der Waals surface area contributed by atoms with Gasteiger partial charge in [0.25, 0.3) is 0 Å². The van der Waals surface area contributed by atoms with Gasteiger partial charge in [-0.25, -0.2) is 28.4 Å². The van der Waals surface area contributed by atoms with Crippen molar-refractivity contribution in [3.05, 3.63) is 41.2 Å². The van der Waals surface area contributed by atoms with Crippen molar-refractivity contribution in [3.63, 3.8) is 0 Å². The Morgan fingerprint density at radius 3 is 1.86 bits per heavy atom. The van der Waals surface area contributed by atoms with Gasteiger partial charge >= 0.3 is 0 Å². The van der Waals surface area contributed by atoms with Crippen LogP contribution in [0, 0.1) is 0 Å². The maximum absolute atomic E-state index is 12.5.